The van der Waals surface area contributed by atoms with E-state index in [9.17, 15) is 5.11 Å². The zero-order chi connectivity index (χ0) is 16.8. The molecule has 1 aliphatic rings. The van der Waals surface area contributed by atoms with Gasteiger partial charge in [-0.2, -0.15) is 0 Å². The number of allylic oxidation sites excluding steroid dienone is 2. The second kappa shape index (κ2) is 7.35. The zero-order valence-corrected chi connectivity index (χ0v) is 13.3. The fourth-order valence-electron chi connectivity index (χ4n) is 1.94. The van der Waals surface area contributed by atoms with Gasteiger partial charge in [-0.3, -0.25) is 4.99 Å². The minimum absolute atomic E-state index is 0.0177. The SMILES string of the molecule is C/C=C(\C)NC(/N=C\N)C1=COc2cc(OC)c(O)cc2C=N1. The third kappa shape index (κ3) is 3.82. The second-order valence-corrected chi connectivity index (χ2v) is 4.80. The van der Waals surface area contributed by atoms with Crippen LogP contribution in [0.5, 0.6) is 17.2 Å². The van der Waals surface area contributed by atoms with Crippen molar-refractivity contribution in [2.75, 3.05) is 7.11 Å². The van der Waals surface area contributed by atoms with E-state index in [-0.39, 0.29) is 5.75 Å². The lowest BCUT2D eigenvalue weighted by Gasteiger charge is -2.15. The first-order valence-electron chi connectivity index (χ1n) is 7.03. The number of aliphatic imine (C=N–C) groups is 2. The molecule has 0 saturated carbocycles. The van der Waals surface area contributed by atoms with Gasteiger partial charge >= 0.3 is 0 Å². The number of hydrogen-bond acceptors (Lipinski definition) is 6. The van der Waals surface area contributed by atoms with Gasteiger partial charge in [-0.25, -0.2) is 4.99 Å². The molecule has 23 heavy (non-hydrogen) atoms. The predicted molar refractivity (Wildman–Crippen MR) is 90.0 cm³/mol. The van der Waals surface area contributed by atoms with Crippen LogP contribution in [0.15, 0.2) is 45.8 Å². The molecule has 7 nitrogen and oxygen atoms in total. The summed E-state index contributed by atoms with van der Waals surface area (Å²) in [4.78, 5) is 8.52. The number of hydrogen-bond donors (Lipinski definition) is 3. The number of nitrogens with zero attached hydrogens (tertiary/aromatic N) is 2. The van der Waals surface area contributed by atoms with Crippen molar-refractivity contribution in [3.63, 3.8) is 0 Å². The van der Waals surface area contributed by atoms with Crippen molar-refractivity contribution in [3.8, 4) is 17.2 Å². The highest BCUT2D eigenvalue weighted by Crippen LogP contribution is 2.34. The predicted octanol–water partition coefficient (Wildman–Crippen LogP) is 1.88. The quantitative estimate of drug-likeness (QED) is 0.569. The van der Waals surface area contributed by atoms with Gasteiger partial charge in [-0.05, 0) is 19.9 Å². The number of rotatable bonds is 5. The summed E-state index contributed by atoms with van der Waals surface area (Å²) in [6, 6.07) is 3.13. The van der Waals surface area contributed by atoms with E-state index in [1.165, 1.54) is 25.8 Å². The van der Waals surface area contributed by atoms with E-state index < -0.39 is 6.17 Å². The van der Waals surface area contributed by atoms with Gasteiger partial charge in [0.15, 0.2) is 17.7 Å². The van der Waals surface area contributed by atoms with Crippen LogP contribution in [0.4, 0.5) is 0 Å². The molecule has 1 aliphatic heterocycles. The number of methoxy groups -OCH3 is 1. The Kier molecular flexibility index (Phi) is 5.24. The first-order valence-corrected chi connectivity index (χ1v) is 7.03. The number of phenolic OH excluding ortho intramolecular Hbond substituents is 1. The number of fused-ring (bicyclic) bond motifs is 1. The van der Waals surface area contributed by atoms with Crippen LogP contribution in [-0.4, -0.2) is 30.9 Å². The third-order valence-corrected chi connectivity index (χ3v) is 3.28. The minimum atomic E-state index is -0.475. The maximum absolute atomic E-state index is 9.85. The Bertz CT molecular complexity index is 693. The Morgan fingerprint density at radius 1 is 1.52 bits per heavy atom. The van der Waals surface area contributed by atoms with Crippen LogP contribution in [0.25, 0.3) is 0 Å². The average Bonchev–Trinajstić information content (AvgIpc) is 2.75. The first-order chi connectivity index (χ1) is 11.1. The van der Waals surface area contributed by atoms with Crippen LogP contribution in [0, 0.1) is 0 Å². The summed E-state index contributed by atoms with van der Waals surface area (Å²) in [5.74, 6) is 0.870. The van der Waals surface area contributed by atoms with Crippen molar-refractivity contribution < 1.29 is 14.6 Å². The second-order valence-electron chi connectivity index (χ2n) is 4.80. The van der Waals surface area contributed by atoms with Crippen LogP contribution < -0.4 is 20.5 Å². The molecule has 1 unspecified atom stereocenters. The molecule has 0 fully saturated rings. The molecule has 7 heteroatoms. The van der Waals surface area contributed by atoms with Crippen molar-refractivity contribution in [2.45, 2.75) is 20.0 Å². The lowest BCUT2D eigenvalue weighted by atomic mass is 10.2. The maximum atomic E-state index is 9.85. The highest BCUT2D eigenvalue weighted by molar-refractivity contribution is 5.86. The van der Waals surface area contributed by atoms with E-state index in [2.05, 4.69) is 15.3 Å². The molecule has 1 aromatic carbocycles. The van der Waals surface area contributed by atoms with Gasteiger partial charge in [-0.1, -0.05) is 6.08 Å². The summed E-state index contributed by atoms with van der Waals surface area (Å²) in [5, 5.41) is 13.0. The Morgan fingerprint density at radius 2 is 2.30 bits per heavy atom. The molecule has 0 radical (unpaired) electrons. The summed E-state index contributed by atoms with van der Waals surface area (Å²) >= 11 is 0. The molecule has 122 valence electrons. The average molecular weight is 316 g/mol. The monoisotopic (exact) mass is 316 g/mol. The van der Waals surface area contributed by atoms with E-state index in [1.807, 2.05) is 19.9 Å². The van der Waals surface area contributed by atoms with E-state index in [0.29, 0.717) is 22.8 Å². The van der Waals surface area contributed by atoms with Crippen LogP contribution in [0.2, 0.25) is 0 Å². The van der Waals surface area contributed by atoms with Crippen molar-refractivity contribution in [2.24, 2.45) is 15.7 Å². The molecule has 1 atom stereocenters. The van der Waals surface area contributed by atoms with Gasteiger partial charge in [0.1, 0.15) is 17.7 Å². The molecule has 4 N–H and O–H groups in total. The van der Waals surface area contributed by atoms with Crippen LogP contribution in [0.3, 0.4) is 0 Å². The largest absolute Gasteiger partial charge is 0.504 e. The number of benzene rings is 1. The van der Waals surface area contributed by atoms with Gasteiger partial charge in [0, 0.05) is 23.5 Å². The molecule has 0 amide bonds. The topological polar surface area (TPSA) is 101 Å². The van der Waals surface area contributed by atoms with Gasteiger partial charge in [0.25, 0.3) is 0 Å². The highest BCUT2D eigenvalue weighted by Gasteiger charge is 2.17. The number of aromatic hydroxyl groups is 1. The number of nitrogens with one attached hydrogen (secondary N) is 1. The molecule has 0 spiro atoms. The number of nitrogens with two attached hydrogens (primary N) is 1. The summed E-state index contributed by atoms with van der Waals surface area (Å²) < 4.78 is 10.7. The molecule has 1 aromatic rings. The number of ether oxygens (including phenoxy) is 2. The molecule has 0 aromatic heterocycles. The van der Waals surface area contributed by atoms with Crippen molar-refractivity contribution in [1.29, 1.82) is 0 Å². The van der Waals surface area contributed by atoms with E-state index in [4.69, 9.17) is 15.2 Å². The molecule has 0 bridgehead atoms. The Morgan fingerprint density at radius 3 is 2.96 bits per heavy atom. The van der Waals surface area contributed by atoms with Gasteiger partial charge in [0.05, 0.1) is 13.4 Å². The van der Waals surface area contributed by atoms with Gasteiger partial charge in [-0.15, -0.1) is 0 Å². The molecule has 2 rings (SSSR count). The molecule has 0 aliphatic carbocycles. The van der Waals surface area contributed by atoms with E-state index in [1.54, 1.807) is 12.3 Å². The first kappa shape index (κ1) is 16.4. The van der Waals surface area contributed by atoms with Crippen LogP contribution in [0.1, 0.15) is 19.4 Å². The highest BCUT2D eigenvalue weighted by atomic mass is 16.5. The Hall–Kier alpha value is -2.96. The lowest BCUT2D eigenvalue weighted by molar-refractivity contribution is 0.369. The van der Waals surface area contributed by atoms with Crippen molar-refractivity contribution in [1.82, 2.24) is 5.32 Å². The summed E-state index contributed by atoms with van der Waals surface area (Å²) in [5.41, 5.74) is 7.52. The summed E-state index contributed by atoms with van der Waals surface area (Å²) in [7, 11) is 1.48. The minimum Gasteiger partial charge on any atom is -0.504 e. The van der Waals surface area contributed by atoms with E-state index >= 15 is 0 Å². The maximum Gasteiger partial charge on any atom is 0.166 e. The van der Waals surface area contributed by atoms with Crippen LogP contribution >= 0.6 is 0 Å². The molecular weight excluding hydrogens is 296 g/mol. The lowest BCUT2D eigenvalue weighted by Crippen LogP contribution is -2.28. The summed E-state index contributed by atoms with van der Waals surface area (Å²) in [6.45, 7) is 3.83. The van der Waals surface area contributed by atoms with Gasteiger partial charge < -0.3 is 25.6 Å². The molecule has 0 saturated heterocycles. The molecule has 1 heterocycles. The smallest absolute Gasteiger partial charge is 0.166 e. The Balaban J connectivity index is 2.32. The Labute approximate surface area is 134 Å². The van der Waals surface area contributed by atoms with E-state index in [0.717, 1.165) is 5.70 Å². The van der Waals surface area contributed by atoms with Crippen molar-refractivity contribution >= 4 is 12.6 Å². The van der Waals surface area contributed by atoms with Gasteiger partial charge in [0.2, 0.25) is 0 Å². The fourth-order valence-corrected chi connectivity index (χ4v) is 1.94. The van der Waals surface area contributed by atoms with Crippen molar-refractivity contribution in [3.05, 3.63) is 41.4 Å². The third-order valence-electron chi connectivity index (χ3n) is 3.28. The number of phenols is 1. The normalized spacial score (nSPS) is 15.4. The zero-order valence-electron chi connectivity index (χ0n) is 13.3. The summed E-state index contributed by atoms with van der Waals surface area (Å²) in [6.07, 6.45) is 5.74. The van der Waals surface area contributed by atoms with Crippen LogP contribution in [-0.2, 0) is 0 Å². The standard InChI is InChI=1S/C16H20N4O3/c1-4-10(2)20-16(19-9-17)12-8-23-14-6-15(22-3)13(21)5-11(14)7-18-12/h4-9,16,20-21H,1-3H3,(H2,17,19)/b10-4+. The molecular formula is C16H20N4O3. The fraction of sp³-hybridized carbons (Fsp3) is 0.250.